The summed E-state index contributed by atoms with van der Waals surface area (Å²) >= 11 is 0. The van der Waals surface area contributed by atoms with Crippen LogP contribution in [0.3, 0.4) is 0 Å². The van der Waals surface area contributed by atoms with Gasteiger partial charge in [-0.05, 0) is 18.2 Å². The number of halogens is 1. The zero-order valence-corrected chi connectivity index (χ0v) is 12.2. The number of carbonyl (C=O) groups excluding carboxylic acids is 1. The summed E-state index contributed by atoms with van der Waals surface area (Å²) in [4.78, 5) is 23.4. The van der Waals surface area contributed by atoms with Gasteiger partial charge >= 0.3 is 5.76 Å². The van der Waals surface area contributed by atoms with Crippen LogP contribution < -0.4 is 16.4 Å². The molecule has 0 bridgehead atoms. The van der Waals surface area contributed by atoms with Crippen molar-refractivity contribution in [3.63, 3.8) is 0 Å². The van der Waals surface area contributed by atoms with Crippen LogP contribution in [0, 0.1) is 0 Å². The monoisotopic (exact) mass is 313 g/mol. The Balaban J connectivity index is 0.00000161. The highest BCUT2D eigenvalue weighted by Gasteiger charge is 2.21. The van der Waals surface area contributed by atoms with E-state index < -0.39 is 11.9 Å². The number of rotatable bonds is 2. The van der Waals surface area contributed by atoms with Gasteiger partial charge in [-0.2, -0.15) is 0 Å². The third kappa shape index (κ3) is 3.10. The molecule has 0 aliphatic carbocycles. The normalized spacial score (nSPS) is 18.2. The predicted molar refractivity (Wildman–Crippen MR) is 79.9 cm³/mol. The minimum absolute atomic E-state index is 0. The first-order chi connectivity index (χ1) is 9.65. The standard InChI is InChI=1S/C13H15N3O4.ClH/c1-16-9-6-8(2-3-10(9)20-13(16)18)15-12(17)11-7-14-4-5-19-11;/h2-3,6,11,14H,4-5,7H2,1H3,(H,15,17);1H. The zero-order valence-electron chi connectivity index (χ0n) is 11.4. The van der Waals surface area contributed by atoms with E-state index in [1.54, 1.807) is 25.2 Å². The number of anilines is 1. The van der Waals surface area contributed by atoms with Gasteiger partial charge in [-0.15, -0.1) is 12.4 Å². The maximum absolute atomic E-state index is 12.0. The van der Waals surface area contributed by atoms with Crippen molar-refractivity contribution in [3.8, 4) is 0 Å². The molecule has 1 aromatic carbocycles. The molecule has 0 spiro atoms. The molecule has 1 aliphatic heterocycles. The van der Waals surface area contributed by atoms with Crippen molar-refractivity contribution in [1.82, 2.24) is 9.88 Å². The van der Waals surface area contributed by atoms with Crippen molar-refractivity contribution in [2.45, 2.75) is 6.10 Å². The van der Waals surface area contributed by atoms with Crippen molar-refractivity contribution < 1.29 is 13.9 Å². The smallest absolute Gasteiger partial charge is 0.408 e. The number of fused-ring (bicyclic) bond motifs is 1. The first kappa shape index (κ1) is 15.6. The first-order valence-corrected chi connectivity index (χ1v) is 6.38. The molecule has 0 saturated carbocycles. The van der Waals surface area contributed by atoms with Gasteiger partial charge in [0.1, 0.15) is 6.10 Å². The van der Waals surface area contributed by atoms with Crippen molar-refractivity contribution in [3.05, 3.63) is 28.7 Å². The Bertz CT molecular complexity index is 703. The lowest BCUT2D eigenvalue weighted by Crippen LogP contribution is -2.45. The molecule has 114 valence electrons. The molecule has 1 aromatic heterocycles. The Morgan fingerprint density at radius 2 is 2.29 bits per heavy atom. The Morgan fingerprint density at radius 3 is 3.00 bits per heavy atom. The molecule has 8 heteroatoms. The van der Waals surface area contributed by atoms with E-state index in [4.69, 9.17) is 9.15 Å². The number of ether oxygens (including phenoxy) is 1. The minimum atomic E-state index is -0.493. The first-order valence-electron chi connectivity index (χ1n) is 6.38. The molecule has 7 nitrogen and oxygen atoms in total. The number of carbonyl (C=O) groups is 1. The second-order valence-electron chi connectivity index (χ2n) is 4.66. The van der Waals surface area contributed by atoms with Crippen LogP contribution in [0.2, 0.25) is 0 Å². The van der Waals surface area contributed by atoms with Crippen molar-refractivity contribution >= 4 is 35.1 Å². The molecule has 1 unspecified atom stereocenters. The molecule has 1 aliphatic rings. The van der Waals surface area contributed by atoms with E-state index in [1.165, 1.54) is 4.57 Å². The van der Waals surface area contributed by atoms with Gasteiger partial charge in [-0.1, -0.05) is 0 Å². The third-order valence-electron chi connectivity index (χ3n) is 3.28. The largest absolute Gasteiger partial charge is 0.419 e. The third-order valence-corrected chi connectivity index (χ3v) is 3.28. The number of nitrogens with zero attached hydrogens (tertiary/aromatic N) is 1. The summed E-state index contributed by atoms with van der Waals surface area (Å²) in [5.74, 6) is -0.631. The number of aromatic nitrogens is 1. The number of aryl methyl sites for hydroxylation is 1. The maximum Gasteiger partial charge on any atom is 0.419 e. The quantitative estimate of drug-likeness (QED) is 0.842. The number of benzene rings is 1. The fourth-order valence-corrected chi connectivity index (χ4v) is 2.16. The Labute approximate surface area is 126 Å². The molecule has 2 heterocycles. The van der Waals surface area contributed by atoms with Crippen LogP contribution in [0.15, 0.2) is 27.4 Å². The van der Waals surface area contributed by atoms with Gasteiger partial charge in [0.05, 0.1) is 12.1 Å². The van der Waals surface area contributed by atoms with E-state index in [0.717, 1.165) is 6.54 Å². The van der Waals surface area contributed by atoms with E-state index in [2.05, 4.69) is 10.6 Å². The molecule has 2 aromatic rings. The molecular formula is C13H16ClN3O4. The average molecular weight is 314 g/mol. The molecule has 1 saturated heterocycles. The fourth-order valence-electron chi connectivity index (χ4n) is 2.16. The molecule has 21 heavy (non-hydrogen) atoms. The fraction of sp³-hybridized carbons (Fsp3) is 0.385. The average Bonchev–Trinajstić information content (AvgIpc) is 2.75. The lowest BCUT2D eigenvalue weighted by molar-refractivity contribution is -0.128. The topological polar surface area (TPSA) is 85.5 Å². The highest BCUT2D eigenvalue weighted by molar-refractivity contribution is 5.95. The maximum atomic E-state index is 12.0. The predicted octanol–water partition coefficient (Wildman–Crippen LogP) is 0.480. The molecular weight excluding hydrogens is 298 g/mol. The summed E-state index contributed by atoms with van der Waals surface area (Å²) in [6.07, 6.45) is -0.493. The van der Waals surface area contributed by atoms with Gasteiger partial charge in [0.2, 0.25) is 0 Å². The van der Waals surface area contributed by atoms with E-state index in [0.29, 0.717) is 29.9 Å². The van der Waals surface area contributed by atoms with Crippen LogP contribution in [-0.4, -0.2) is 36.3 Å². The zero-order chi connectivity index (χ0) is 14.1. The lowest BCUT2D eigenvalue weighted by Gasteiger charge is -2.22. The highest BCUT2D eigenvalue weighted by Crippen LogP contribution is 2.18. The summed E-state index contributed by atoms with van der Waals surface area (Å²) in [6.45, 7) is 1.78. The summed E-state index contributed by atoms with van der Waals surface area (Å²) < 4.78 is 11.8. The molecule has 3 rings (SSSR count). The summed E-state index contributed by atoms with van der Waals surface area (Å²) in [6, 6.07) is 5.06. The number of hydrogen-bond acceptors (Lipinski definition) is 5. The van der Waals surface area contributed by atoms with Gasteiger partial charge in [0, 0.05) is 25.8 Å². The van der Waals surface area contributed by atoms with Crippen LogP contribution in [0.4, 0.5) is 5.69 Å². The second-order valence-corrected chi connectivity index (χ2v) is 4.66. The van der Waals surface area contributed by atoms with Gasteiger partial charge in [0.25, 0.3) is 5.91 Å². The highest BCUT2D eigenvalue weighted by atomic mass is 35.5. The van der Waals surface area contributed by atoms with E-state index in [-0.39, 0.29) is 18.3 Å². The van der Waals surface area contributed by atoms with Crippen LogP contribution in [0.25, 0.3) is 11.1 Å². The van der Waals surface area contributed by atoms with E-state index in [9.17, 15) is 9.59 Å². The summed E-state index contributed by atoms with van der Waals surface area (Å²) in [7, 11) is 1.62. The van der Waals surface area contributed by atoms with Gasteiger partial charge in [-0.25, -0.2) is 4.79 Å². The molecule has 1 atom stereocenters. The second kappa shape index (κ2) is 6.30. The van der Waals surface area contributed by atoms with Gasteiger partial charge in [-0.3, -0.25) is 9.36 Å². The van der Waals surface area contributed by atoms with Crippen LogP contribution in [-0.2, 0) is 16.6 Å². The van der Waals surface area contributed by atoms with Crippen LogP contribution >= 0.6 is 12.4 Å². The lowest BCUT2D eigenvalue weighted by atomic mass is 10.2. The van der Waals surface area contributed by atoms with Crippen LogP contribution in [0.1, 0.15) is 0 Å². The molecule has 2 N–H and O–H groups in total. The van der Waals surface area contributed by atoms with Crippen LogP contribution in [0.5, 0.6) is 0 Å². The number of nitrogens with one attached hydrogen (secondary N) is 2. The molecule has 0 radical (unpaired) electrons. The van der Waals surface area contributed by atoms with Crippen molar-refractivity contribution in [2.75, 3.05) is 25.0 Å². The SMILES string of the molecule is Cl.Cn1c(=O)oc2ccc(NC(=O)C3CNCCO3)cc21. The summed E-state index contributed by atoms with van der Waals surface area (Å²) in [5.41, 5.74) is 1.73. The number of oxazole rings is 1. The number of hydrogen-bond donors (Lipinski definition) is 2. The Kier molecular flexibility index (Phi) is 4.66. The van der Waals surface area contributed by atoms with Crippen molar-refractivity contribution in [1.29, 1.82) is 0 Å². The number of morpholine rings is 1. The van der Waals surface area contributed by atoms with Gasteiger partial charge < -0.3 is 19.8 Å². The van der Waals surface area contributed by atoms with Gasteiger partial charge in [0.15, 0.2) is 5.58 Å². The Hall–Kier alpha value is -1.83. The van der Waals surface area contributed by atoms with E-state index >= 15 is 0 Å². The minimum Gasteiger partial charge on any atom is -0.408 e. The molecule has 1 amide bonds. The van der Waals surface area contributed by atoms with E-state index in [1.807, 2.05) is 0 Å². The molecule has 1 fully saturated rings. The Morgan fingerprint density at radius 1 is 1.48 bits per heavy atom. The number of amides is 1. The summed E-state index contributed by atoms with van der Waals surface area (Å²) in [5, 5.41) is 5.88. The van der Waals surface area contributed by atoms with Crippen molar-refractivity contribution in [2.24, 2.45) is 7.05 Å².